The van der Waals surface area contributed by atoms with Crippen LogP contribution in [0.25, 0.3) is 0 Å². The number of ether oxygens (including phenoxy) is 1. The topological polar surface area (TPSA) is 59.4 Å². The Morgan fingerprint density at radius 1 is 1.77 bits per heavy atom. The lowest BCUT2D eigenvalue weighted by Gasteiger charge is -2.03. The molecule has 0 bridgehead atoms. The summed E-state index contributed by atoms with van der Waals surface area (Å²) in [7, 11) is 0. The Bertz CT molecular complexity index is 327. The molecule has 1 aromatic rings. The minimum atomic E-state index is -1.15. The molecule has 4 nitrogen and oxygen atoms in total. The van der Waals surface area contributed by atoms with E-state index in [2.05, 4.69) is 4.98 Å². The maximum absolute atomic E-state index is 10.5. The molecule has 0 aliphatic heterocycles. The Balaban J connectivity index is 2.98. The minimum absolute atomic E-state index is 0.0819. The summed E-state index contributed by atoms with van der Waals surface area (Å²) in [5.74, 6) is -0.675. The van der Waals surface area contributed by atoms with E-state index in [1.54, 1.807) is 0 Å². The van der Waals surface area contributed by atoms with Crippen LogP contribution in [0.15, 0.2) is 12.3 Å². The predicted octanol–water partition coefficient (Wildman–Crippen LogP) is 1.83. The summed E-state index contributed by atoms with van der Waals surface area (Å²) in [5.41, 5.74) is -0.162. The van der Waals surface area contributed by atoms with Crippen LogP contribution in [0.3, 0.4) is 0 Å². The van der Waals surface area contributed by atoms with Gasteiger partial charge < -0.3 is 9.84 Å². The highest BCUT2D eigenvalue weighted by molar-refractivity contribution is 6.33. The van der Waals surface area contributed by atoms with E-state index < -0.39 is 5.97 Å². The van der Waals surface area contributed by atoms with E-state index in [-0.39, 0.29) is 10.7 Å². The number of pyridine rings is 1. The van der Waals surface area contributed by atoms with Crippen LogP contribution in [0.1, 0.15) is 17.4 Å². The van der Waals surface area contributed by atoms with Crippen LogP contribution in [-0.2, 0) is 0 Å². The maximum atomic E-state index is 10.5. The molecule has 0 aromatic carbocycles. The summed E-state index contributed by atoms with van der Waals surface area (Å²) in [4.78, 5) is 14.1. The molecule has 5 heteroatoms. The van der Waals surface area contributed by atoms with Gasteiger partial charge in [-0.3, -0.25) is 0 Å². The molecule has 1 N–H and O–H groups in total. The highest BCUT2D eigenvalue weighted by atomic mass is 35.5. The van der Waals surface area contributed by atoms with Crippen LogP contribution in [-0.4, -0.2) is 22.7 Å². The first-order valence-corrected chi connectivity index (χ1v) is 4.04. The fourth-order valence-electron chi connectivity index (χ4n) is 0.823. The van der Waals surface area contributed by atoms with E-state index >= 15 is 0 Å². The van der Waals surface area contributed by atoms with Crippen LogP contribution in [0.4, 0.5) is 0 Å². The number of hydrogen-bond donors (Lipinski definition) is 1. The third kappa shape index (κ3) is 2.32. The van der Waals surface area contributed by atoms with Crippen molar-refractivity contribution in [2.24, 2.45) is 0 Å². The molecule has 0 unspecified atom stereocenters. The van der Waals surface area contributed by atoms with Gasteiger partial charge in [-0.15, -0.1) is 0 Å². The molecule has 0 saturated carbocycles. The summed E-state index contributed by atoms with van der Waals surface area (Å²) in [6, 6.07) is 1.43. The standard InChI is InChI=1S/C8H8ClNO3/c1-2-13-5-3-6(9)7(8(11)12)10-4-5/h3-4H,2H2,1H3,(H,11,12). The first-order valence-electron chi connectivity index (χ1n) is 3.66. The molecule has 0 spiro atoms. The Morgan fingerprint density at radius 2 is 2.46 bits per heavy atom. The Kier molecular flexibility index (Phi) is 3.08. The van der Waals surface area contributed by atoms with E-state index in [0.29, 0.717) is 12.4 Å². The minimum Gasteiger partial charge on any atom is -0.492 e. The number of aromatic nitrogens is 1. The third-order valence-corrected chi connectivity index (χ3v) is 1.62. The number of halogens is 1. The predicted molar refractivity (Wildman–Crippen MR) is 47.4 cm³/mol. The van der Waals surface area contributed by atoms with Crippen molar-refractivity contribution >= 4 is 17.6 Å². The van der Waals surface area contributed by atoms with E-state index in [1.807, 2.05) is 6.92 Å². The molecule has 0 aliphatic rings. The number of aromatic carboxylic acids is 1. The lowest BCUT2D eigenvalue weighted by molar-refractivity contribution is 0.0690. The summed E-state index contributed by atoms with van der Waals surface area (Å²) in [6.45, 7) is 2.31. The second-order valence-electron chi connectivity index (χ2n) is 2.24. The van der Waals surface area contributed by atoms with Crippen molar-refractivity contribution in [3.8, 4) is 5.75 Å². The van der Waals surface area contributed by atoms with Crippen molar-refractivity contribution in [2.75, 3.05) is 6.61 Å². The third-order valence-electron chi connectivity index (χ3n) is 1.33. The normalized spacial score (nSPS) is 9.69. The van der Waals surface area contributed by atoms with Crippen molar-refractivity contribution in [2.45, 2.75) is 6.92 Å². The van der Waals surface area contributed by atoms with Gasteiger partial charge in [0.25, 0.3) is 0 Å². The number of carbonyl (C=O) groups is 1. The fourth-order valence-corrected chi connectivity index (χ4v) is 1.06. The van der Waals surface area contributed by atoms with E-state index in [0.717, 1.165) is 0 Å². The number of rotatable bonds is 3. The lowest BCUT2D eigenvalue weighted by Crippen LogP contribution is -2.02. The molecule has 0 amide bonds. The van der Waals surface area contributed by atoms with Gasteiger partial charge in [0.05, 0.1) is 17.8 Å². The van der Waals surface area contributed by atoms with Gasteiger partial charge >= 0.3 is 5.97 Å². The monoisotopic (exact) mass is 201 g/mol. The van der Waals surface area contributed by atoms with Gasteiger partial charge in [0.15, 0.2) is 5.69 Å². The molecule has 0 saturated heterocycles. The van der Waals surface area contributed by atoms with Gasteiger partial charge in [0.1, 0.15) is 5.75 Å². The Hall–Kier alpha value is -1.29. The zero-order valence-corrected chi connectivity index (χ0v) is 7.71. The summed E-state index contributed by atoms with van der Waals surface area (Å²) in [6.07, 6.45) is 1.33. The van der Waals surface area contributed by atoms with Gasteiger partial charge in [0, 0.05) is 6.07 Å². The number of hydrogen-bond acceptors (Lipinski definition) is 3. The molecule has 0 aliphatic carbocycles. The largest absolute Gasteiger partial charge is 0.492 e. The van der Waals surface area contributed by atoms with Crippen LogP contribution in [0.5, 0.6) is 5.75 Å². The van der Waals surface area contributed by atoms with Crippen LogP contribution < -0.4 is 4.74 Å². The molecule has 13 heavy (non-hydrogen) atoms. The van der Waals surface area contributed by atoms with E-state index in [1.165, 1.54) is 12.3 Å². The van der Waals surface area contributed by atoms with Gasteiger partial charge in [-0.1, -0.05) is 11.6 Å². The molecule has 1 aromatic heterocycles. The van der Waals surface area contributed by atoms with Crippen LogP contribution >= 0.6 is 11.6 Å². The van der Waals surface area contributed by atoms with Crippen molar-refractivity contribution in [3.63, 3.8) is 0 Å². The highest BCUT2D eigenvalue weighted by Gasteiger charge is 2.10. The van der Waals surface area contributed by atoms with E-state index in [4.69, 9.17) is 21.4 Å². The summed E-state index contributed by atoms with van der Waals surface area (Å²) < 4.78 is 5.08. The molecule has 1 heterocycles. The first-order chi connectivity index (χ1) is 6.15. The quantitative estimate of drug-likeness (QED) is 0.811. The van der Waals surface area contributed by atoms with Gasteiger partial charge in [-0.05, 0) is 6.92 Å². The van der Waals surface area contributed by atoms with Crippen molar-refractivity contribution in [1.29, 1.82) is 0 Å². The Labute approximate surface area is 80.1 Å². The van der Waals surface area contributed by atoms with Crippen molar-refractivity contribution in [3.05, 3.63) is 23.0 Å². The average molecular weight is 202 g/mol. The first kappa shape index (κ1) is 9.80. The van der Waals surface area contributed by atoms with Crippen molar-refractivity contribution in [1.82, 2.24) is 4.98 Å². The lowest BCUT2D eigenvalue weighted by atomic mass is 10.3. The van der Waals surface area contributed by atoms with Gasteiger partial charge in [-0.2, -0.15) is 0 Å². The SMILES string of the molecule is CCOc1cnc(C(=O)O)c(Cl)c1. The molecular formula is C8H8ClNO3. The molecule has 1 rings (SSSR count). The smallest absolute Gasteiger partial charge is 0.356 e. The zero-order chi connectivity index (χ0) is 9.84. The van der Waals surface area contributed by atoms with E-state index in [9.17, 15) is 4.79 Å². The number of nitrogens with zero attached hydrogens (tertiary/aromatic N) is 1. The number of carboxylic acid groups (broad SMARTS) is 1. The van der Waals surface area contributed by atoms with Crippen LogP contribution in [0.2, 0.25) is 5.02 Å². The second kappa shape index (κ2) is 4.09. The maximum Gasteiger partial charge on any atom is 0.356 e. The van der Waals surface area contributed by atoms with Crippen LogP contribution in [0, 0.1) is 0 Å². The molecule has 0 fully saturated rings. The zero-order valence-electron chi connectivity index (χ0n) is 6.95. The number of carboxylic acids is 1. The van der Waals surface area contributed by atoms with Crippen molar-refractivity contribution < 1.29 is 14.6 Å². The Morgan fingerprint density at radius 3 is 2.92 bits per heavy atom. The van der Waals surface area contributed by atoms with Gasteiger partial charge in [-0.25, -0.2) is 9.78 Å². The summed E-state index contributed by atoms with van der Waals surface area (Å²) >= 11 is 5.64. The second-order valence-corrected chi connectivity index (χ2v) is 2.65. The molecule has 0 atom stereocenters. The summed E-state index contributed by atoms with van der Waals surface area (Å²) in [5, 5.41) is 8.68. The van der Waals surface area contributed by atoms with Gasteiger partial charge in [0.2, 0.25) is 0 Å². The molecular weight excluding hydrogens is 194 g/mol. The molecule has 0 radical (unpaired) electrons. The fraction of sp³-hybridized carbons (Fsp3) is 0.250. The highest BCUT2D eigenvalue weighted by Crippen LogP contribution is 2.19. The molecule has 70 valence electrons. The average Bonchev–Trinajstić information content (AvgIpc) is 2.04.